The van der Waals surface area contributed by atoms with Gasteiger partial charge in [-0.2, -0.15) is 0 Å². The van der Waals surface area contributed by atoms with E-state index in [1.807, 2.05) is 6.07 Å². The molecule has 4 nitrogen and oxygen atoms in total. The second kappa shape index (κ2) is 4.62. The maximum Gasteiger partial charge on any atom is 0.250 e. The third-order valence-corrected chi connectivity index (χ3v) is 1.82. The van der Waals surface area contributed by atoms with Crippen molar-refractivity contribution in [3.05, 3.63) is 35.9 Å². The zero-order valence-corrected chi connectivity index (χ0v) is 8.11. The van der Waals surface area contributed by atoms with Crippen molar-refractivity contribution >= 4 is 22.8 Å². The number of carbonyl (C=O) groups is 1. The van der Waals surface area contributed by atoms with E-state index in [9.17, 15) is 4.79 Å². The van der Waals surface area contributed by atoms with E-state index in [0.717, 1.165) is 0 Å². The van der Waals surface area contributed by atoms with Crippen LogP contribution in [-0.4, -0.2) is 11.2 Å². The van der Waals surface area contributed by atoms with Gasteiger partial charge in [-0.3, -0.25) is 4.79 Å². The Morgan fingerprint density at radius 3 is 2.29 bits per heavy atom. The van der Waals surface area contributed by atoms with E-state index in [-0.39, 0.29) is 5.96 Å². The Balaban J connectivity index is 3.01. The van der Waals surface area contributed by atoms with Crippen molar-refractivity contribution < 1.29 is 4.79 Å². The Hall–Kier alpha value is -1.55. The van der Waals surface area contributed by atoms with Gasteiger partial charge < -0.3 is 11.5 Å². The normalized spacial score (nSPS) is 11.8. The molecule has 1 unspecified atom stereocenters. The molecule has 0 bridgehead atoms. The highest BCUT2D eigenvalue weighted by Crippen LogP contribution is 2.19. The molecule has 1 aromatic carbocycles. The quantitative estimate of drug-likeness (QED) is 0.440. The molecular weight excluding hydrogens is 202 g/mol. The summed E-state index contributed by atoms with van der Waals surface area (Å²) >= 11 is 5.37. The Morgan fingerprint density at radius 1 is 1.29 bits per heavy atom. The van der Waals surface area contributed by atoms with E-state index in [4.69, 9.17) is 23.1 Å². The molecule has 0 fully saturated rings. The van der Waals surface area contributed by atoms with E-state index >= 15 is 0 Å². The largest absolute Gasteiger partial charge is 0.370 e. The predicted molar refractivity (Wildman–Crippen MR) is 55.9 cm³/mol. The van der Waals surface area contributed by atoms with Crippen LogP contribution in [0.4, 0.5) is 0 Å². The lowest BCUT2D eigenvalue weighted by atomic mass is 10.1. The minimum Gasteiger partial charge on any atom is -0.370 e. The van der Waals surface area contributed by atoms with Gasteiger partial charge in [-0.1, -0.05) is 30.3 Å². The Bertz CT molecular complexity index is 346. The van der Waals surface area contributed by atoms with Crippen LogP contribution >= 0.6 is 11.6 Å². The summed E-state index contributed by atoms with van der Waals surface area (Å²) in [6.45, 7) is 0. The van der Waals surface area contributed by atoms with Crippen LogP contribution in [0.25, 0.3) is 0 Å². The van der Waals surface area contributed by atoms with Crippen LogP contribution in [-0.2, 0) is 4.79 Å². The molecular formula is C9H10ClN3O. The highest BCUT2D eigenvalue weighted by Gasteiger charge is 2.16. The summed E-state index contributed by atoms with van der Waals surface area (Å²) in [6.07, 6.45) is 0. The summed E-state index contributed by atoms with van der Waals surface area (Å²) in [4.78, 5) is 14.8. The van der Waals surface area contributed by atoms with Crippen molar-refractivity contribution in [1.82, 2.24) is 0 Å². The molecule has 1 aromatic rings. The average Bonchev–Trinajstić information content (AvgIpc) is 2.15. The molecule has 4 N–H and O–H groups in total. The molecule has 0 aliphatic carbocycles. The number of halogens is 1. The van der Waals surface area contributed by atoms with Gasteiger partial charge in [-0.15, -0.1) is 0 Å². The molecule has 0 aromatic heterocycles. The number of hydrogen-bond acceptors (Lipinski definition) is 2. The summed E-state index contributed by atoms with van der Waals surface area (Å²) in [5, 5.41) is -0.607. The van der Waals surface area contributed by atoms with Crippen molar-refractivity contribution in [2.45, 2.75) is 6.04 Å². The molecule has 0 heterocycles. The first-order valence-electron chi connectivity index (χ1n) is 3.94. The fourth-order valence-electron chi connectivity index (χ4n) is 1.04. The molecule has 0 radical (unpaired) electrons. The SMILES string of the molecule is NC(N)=NC(C(=O)Cl)c1ccccc1. The molecule has 0 saturated carbocycles. The Labute approximate surface area is 86.6 Å². The van der Waals surface area contributed by atoms with Crippen LogP contribution in [0, 0.1) is 0 Å². The fraction of sp³-hybridized carbons (Fsp3) is 0.111. The van der Waals surface area contributed by atoms with Gasteiger partial charge in [0.25, 0.3) is 5.24 Å². The molecule has 1 atom stereocenters. The molecule has 1 rings (SSSR count). The van der Waals surface area contributed by atoms with Gasteiger partial charge in [0.2, 0.25) is 0 Å². The minimum atomic E-state index is -0.817. The van der Waals surface area contributed by atoms with Crippen molar-refractivity contribution in [3.63, 3.8) is 0 Å². The molecule has 0 spiro atoms. The number of aliphatic imine (C=N–C) groups is 1. The standard InChI is InChI=1S/C9H10ClN3O/c10-8(14)7(13-9(11)12)6-4-2-1-3-5-6/h1-5,7H,(H4,11,12,13). The minimum absolute atomic E-state index is 0.159. The van der Waals surface area contributed by atoms with E-state index in [1.54, 1.807) is 24.3 Å². The van der Waals surface area contributed by atoms with Crippen molar-refractivity contribution in [1.29, 1.82) is 0 Å². The topological polar surface area (TPSA) is 81.5 Å². The third kappa shape index (κ3) is 2.74. The van der Waals surface area contributed by atoms with E-state index in [2.05, 4.69) is 4.99 Å². The highest BCUT2D eigenvalue weighted by atomic mass is 35.5. The fourth-order valence-corrected chi connectivity index (χ4v) is 1.22. The molecule has 5 heteroatoms. The number of nitrogens with two attached hydrogens (primary N) is 2. The van der Waals surface area contributed by atoms with E-state index in [0.29, 0.717) is 5.56 Å². The second-order valence-corrected chi connectivity index (χ2v) is 3.04. The smallest absolute Gasteiger partial charge is 0.250 e. The zero-order valence-electron chi connectivity index (χ0n) is 7.35. The van der Waals surface area contributed by atoms with Gasteiger partial charge in [-0.25, -0.2) is 4.99 Å². The number of guanidine groups is 1. The third-order valence-electron chi connectivity index (χ3n) is 1.61. The van der Waals surface area contributed by atoms with Gasteiger partial charge in [0, 0.05) is 0 Å². The van der Waals surface area contributed by atoms with Gasteiger partial charge in [0.05, 0.1) is 0 Å². The molecule has 0 aliphatic heterocycles. The van der Waals surface area contributed by atoms with Crippen molar-refractivity contribution in [2.24, 2.45) is 16.5 Å². The summed E-state index contributed by atoms with van der Waals surface area (Å²) in [6, 6.07) is 8.04. The van der Waals surface area contributed by atoms with Crippen LogP contribution in [0.2, 0.25) is 0 Å². The van der Waals surface area contributed by atoms with Crippen molar-refractivity contribution in [2.75, 3.05) is 0 Å². The first kappa shape index (κ1) is 10.5. The number of rotatable bonds is 3. The monoisotopic (exact) mass is 211 g/mol. The van der Waals surface area contributed by atoms with Crippen LogP contribution in [0.3, 0.4) is 0 Å². The van der Waals surface area contributed by atoms with Gasteiger partial charge in [0.15, 0.2) is 12.0 Å². The first-order valence-corrected chi connectivity index (χ1v) is 4.32. The average molecular weight is 212 g/mol. The van der Waals surface area contributed by atoms with Gasteiger partial charge >= 0.3 is 0 Å². The number of hydrogen-bond donors (Lipinski definition) is 2. The van der Waals surface area contributed by atoms with Gasteiger partial charge in [-0.05, 0) is 17.2 Å². The number of nitrogens with zero attached hydrogens (tertiary/aromatic N) is 1. The summed E-state index contributed by atoms with van der Waals surface area (Å²) in [5.74, 6) is -0.159. The maximum absolute atomic E-state index is 11.0. The summed E-state index contributed by atoms with van der Waals surface area (Å²) < 4.78 is 0. The second-order valence-electron chi connectivity index (χ2n) is 2.67. The summed E-state index contributed by atoms with van der Waals surface area (Å²) in [5.41, 5.74) is 11.0. The van der Waals surface area contributed by atoms with Gasteiger partial charge in [0.1, 0.15) is 0 Å². The van der Waals surface area contributed by atoms with Crippen LogP contribution in [0.15, 0.2) is 35.3 Å². The van der Waals surface area contributed by atoms with Crippen LogP contribution < -0.4 is 11.5 Å². The lowest BCUT2D eigenvalue weighted by Crippen LogP contribution is -2.24. The lowest BCUT2D eigenvalue weighted by Gasteiger charge is -2.07. The first-order chi connectivity index (χ1) is 6.61. The van der Waals surface area contributed by atoms with Crippen molar-refractivity contribution in [3.8, 4) is 0 Å². The maximum atomic E-state index is 11.0. The molecule has 14 heavy (non-hydrogen) atoms. The zero-order chi connectivity index (χ0) is 10.6. The van der Waals surface area contributed by atoms with Crippen LogP contribution in [0.1, 0.15) is 11.6 Å². The Kier molecular flexibility index (Phi) is 3.48. The van der Waals surface area contributed by atoms with E-state index in [1.165, 1.54) is 0 Å². The molecule has 0 amide bonds. The van der Waals surface area contributed by atoms with Crippen LogP contribution in [0.5, 0.6) is 0 Å². The summed E-state index contributed by atoms with van der Waals surface area (Å²) in [7, 11) is 0. The highest BCUT2D eigenvalue weighted by molar-refractivity contribution is 6.64. The van der Waals surface area contributed by atoms with E-state index < -0.39 is 11.3 Å². The number of benzene rings is 1. The molecule has 0 aliphatic rings. The molecule has 0 saturated heterocycles. The number of carbonyl (C=O) groups excluding carboxylic acids is 1. The lowest BCUT2D eigenvalue weighted by molar-refractivity contribution is -0.112. The Morgan fingerprint density at radius 2 is 1.86 bits per heavy atom. The predicted octanol–water partition coefficient (Wildman–Crippen LogP) is 0.766. The molecule has 74 valence electrons.